The van der Waals surface area contributed by atoms with Crippen LogP contribution in [0.15, 0.2) is 0 Å². The van der Waals surface area contributed by atoms with Gasteiger partial charge in [0, 0.05) is 0 Å². The smallest absolute Gasteiger partial charge is 0.373 e. The van der Waals surface area contributed by atoms with Crippen molar-refractivity contribution in [2.75, 3.05) is 0 Å². The van der Waals surface area contributed by atoms with E-state index in [1.54, 1.807) is 6.82 Å². The Balaban J connectivity index is 2.71. The largest absolute Gasteiger partial charge is 0.481 e. The van der Waals surface area contributed by atoms with Gasteiger partial charge in [-0.15, -0.1) is 0 Å². The first-order chi connectivity index (χ1) is 6.90. The average Bonchev–Trinajstić information content (AvgIpc) is 2.42. The standard InChI is InChI=1S/C10H20BNO3/c1-4-7-5-8(12-11(3)15)6-10(7,2)9(13)14/h7-8,12,15H,4-6H2,1-3H3,(H,13,14)/t7-,8+,10-/m1/s1. The molecule has 0 aliphatic heterocycles. The summed E-state index contributed by atoms with van der Waals surface area (Å²) in [5.41, 5.74) is -0.638. The highest BCUT2D eigenvalue weighted by atomic mass is 16.4. The van der Waals surface area contributed by atoms with E-state index in [0.29, 0.717) is 6.42 Å². The molecule has 0 amide bonds. The Morgan fingerprint density at radius 2 is 2.27 bits per heavy atom. The van der Waals surface area contributed by atoms with Crippen LogP contribution >= 0.6 is 0 Å². The predicted octanol–water partition coefficient (Wildman–Crippen LogP) is 0.966. The molecule has 0 radical (unpaired) electrons. The van der Waals surface area contributed by atoms with Gasteiger partial charge in [-0.3, -0.25) is 4.79 Å². The van der Waals surface area contributed by atoms with Crippen molar-refractivity contribution < 1.29 is 14.9 Å². The van der Waals surface area contributed by atoms with Gasteiger partial charge >= 0.3 is 13.0 Å². The van der Waals surface area contributed by atoms with Crippen LogP contribution in [0.3, 0.4) is 0 Å². The second-order valence-electron chi connectivity index (χ2n) is 4.81. The van der Waals surface area contributed by atoms with Crippen molar-refractivity contribution in [2.24, 2.45) is 11.3 Å². The zero-order valence-electron chi connectivity index (χ0n) is 9.66. The molecular weight excluding hydrogens is 193 g/mol. The van der Waals surface area contributed by atoms with Crippen LogP contribution in [-0.4, -0.2) is 29.2 Å². The molecule has 0 aromatic rings. The minimum absolute atomic E-state index is 0.121. The van der Waals surface area contributed by atoms with Crippen LogP contribution in [-0.2, 0) is 4.79 Å². The van der Waals surface area contributed by atoms with E-state index in [1.807, 2.05) is 13.8 Å². The monoisotopic (exact) mass is 213 g/mol. The van der Waals surface area contributed by atoms with Crippen LogP contribution < -0.4 is 5.23 Å². The lowest BCUT2D eigenvalue weighted by molar-refractivity contribution is -0.150. The molecular formula is C10H20BNO3. The lowest BCUT2D eigenvalue weighted by Crippen LogP contribution is -2.39. The summed E-state index contributed by atoms with van der Waals surface area (Å²) < 4.78 is 0. The first-order valence-corrected chi connectivity index (χ1v) is 5.57. The molecule has 15 heavy (non-hydrogen) atoms. The van der Waals surface area contributed by atoms with E-state index in [1.165, 1.54) is 0 Å². The maximum Gasteiger partial charge on any atom is 0.373 e. The molecule has 1 saturated carbocycles. The molecule has 1 aliphatic rings. The third kappa shape index (κ3) is 2.52. The molecule has 0 heterocycles. The fourth-order valence-corrected chi connectivity index (χ4v) is 2.71. The van der Waals surface area contributed by atoms with E-state index < -0.39 is 18.4 Å². The lowest BCUT2D eigenvalue weighted by atomic mass is 9.78. The molecule has 86 valence electrons. The van der Waals surface area contributed by atoms with Gasteiger partial charge in [0.05, 0.1) is 5.41 Å². The SMILES string of the molecule is CC[C@@H]1C[C@H](NB(C)O)C[C@@]1(C)C(=O)O. The molecule has 0 aromatic heterocycles. The molecule has 0 aromatic carbocycles. The average molecular weight is 213 g/mol. The zero-order chi connectivity index (χ0) is 11.6. The van der Waals surface area contributed by atoms with Crippen molar-refractivity contribution in [1.82, 2.24) is 5.23 Å². The van der Waals surface area contributed by atoms with Gasteiger partial charge in [-0.2, -0.15) is 0 Å². The number of nitrogens with one attached hydrogen (secondary N) is 1. The maximum absolute atomic E-state index is 11.2. The maximum atomic E-state index is 11.2. The van der Waals surface area contributed by atoms with E-state index in [0.717, 1.165) is 12.8 Å². The third-order valence-electron chi connectivity index (χ3n) is 3.60. The molecule has 1 fully saturated rings. The number of hydrogen-bond acceptors (Lipinski definition) is 3. The van der Waals surface area contributed by atoms with Crippen LogP contribution in [0.4, 0.5) is 0 Å². The highest BCUT2D eigenvalue weighted by Gasteiger charge is 2.48. The summed E-state index contributed by atoms with van der Waals surface area (Å²) in [4.78, 5) is 11.2. The minimum atomic E-state index is -0.718. The number of carboxylic acids is 1. The Labute approximate surface area is 91.2 Å². The van der Waals surface area contributed by atoms with Gasteiger partial charge < -0.3 is 15.4 Å². The van der Waals surface area contributed by atoms with Crippen molar-refractivity contribution in [3.8, 4) is 0 Å². The first kappa shape index (κ1) is 12.5. The number of rotatable bonds is 4. The quantitative estimate of drug-likeness (QED) is 0.608. The van der Waals surface area contributed by atoms with Crippen molar-refractivity contribution in [1.29, 1.82) is 0 Å². The summed E-state index contributed by atoms with van der Waals surface area (Å²) in [5, 5.41) is 21.5. The number of carbonyl (C=O) groups is 1. The summed E-state index contributed by atoms with van der Waals surface area (Å²) in [7, 11) is -0.566. The van der Waals surface area contributed by atoms with Gasteiger partial charge in [-0.25, -0.2) is 0 Å². The van der Waals surface area contributed by atoms with Gasteiger partial charge in [-0.05, 0) is 38.5 Å². The summed E-state index contributed by atoms with van der Waals surface area (Å²) >= 11 is 0. The van der Waals surface area contributed by atoms with E-state index in [9.17, 15) is 14.9 Å². The fraction of sp³-hybridized carbons (Fsp3) is 0.900. The molecule has 3 atom stereocenters. The van der Waals surface area contributed by atoms with E-state index >= 15 is 0 Å². The van der Waals surface area contributed by atoms with Gasteiger partial charge in [0.1, 0.15) is 0 Å². The molecule has 5 heteroatoms. The minimum Gasteiger partial charge on any atom is -0.481 e. The summed E-state index contributed by atoms with van der Waals surface area (Å²) in [6.07, 6.45) is 2.32. The van der Waals surface area contributed by atoms with E-state index in [-0.39, 0.29) is 12.0 Å². The highest BCUT2D eigenvalue weighted by Crippen LogP contribution is 2.45. The second kappa shape index (κ2) is 4.53. The Morgan fingerprint density at radius 3 is 2.60 bits per heavy atom. The van der Waals surface area contributed by atoms with Crippen LogP contribution in [0.1, 0.15) is 33.1 Å². The Kier molecular flexibility index (Phi) is 3.79. The number of hydrogen-bond donors (Lipinski definition) is 3. The molecule has 0 spiro atoms. The van der Waals surface area contributed by atoms with Gasteiger partial charge in [-0.1, -0.05) is 13.3 Å². The van der Waals surface area contributed by atoms with Gasteiger partial charge in [0.15, 0.2) is 0 Å². The van der Waals surface area contributed by atoms with Crippen molar-refractivity contribution in [2.45, 2.75) is 46.0 Å². The fourth-order valence-electron chi connectivity index (χ4n) is 2.71. The number of carboxylic acid groups (broad SMARTS) is 1. The number of aliphatic carboxylic acids is 1. The molecule has 0 saturated heterocycles. The van der Waals surface area contributed by atoms with Crippen LogP contribution in [0, 0.1) is 11.3 Å². The Bertz CT molecular complexity index is 247. The Morgan fingerprint density at radius 1 is 1.67 bits per heavy atom. The molecule has 0 unspecified atom stereocenters. The molecule has 3 N–H and O–H groups in total. The molecule has 4 nitrogen and oxygen atoms in total. The first-order valence-electron chi connectivity index (χ1n) is 5.57. The molecule has 1 rings (SSSR count). The lowest BCUT2D eigenvalue weighted by Gasteiger charge is -2.25. The van der Waals surface area contributed by atoms with Crippen LogP contribution in [0.25, 0.3) is 0 Å². The summed E-state index contributed by atoms with van der Waals surface area (Å²) in [6, 6.07) is 0.121. The topological polar surface area (TPSA) is 69.6 Å². The van der Waals surface area contributed by atoms with Gasteiger partial charge in [0.25, 0.3) is 0 Å². The van der Waals surface area contributed by atoms with Crippen molar-refractivity contribution in [3.63, 3.8) is 0 Å². The van der Waals surface area contributed by atoms with Gasteiger partial charge in [0.2, 0.25) is 0 Å². The molecule has 1 aliphatic carbocycles. The predicted molar refractivity (Wildman–Crippen MR) is 59.5 cm³/mol. The second-order valence-corrected chi connectivity index (χ2v) is 4.81. The van der Waals surface area contributed by atoms with Crippen LogP contribution in [0.2, 0.25) is 6.82 Å². The normalized spacial score (nSPS) is 35.5. The van der Waals surface area contributed by atoms with E-state index in [2.05, 4.69) is 5.23 Å². The molecule has 0 bridgehead atoms. The van der Waals surface area contributed by atoms with Crippen molar-refractivity contribution in [3.05, 3.63) is 0 Å². The van der Waals surface area contributed by atoms with Crippen molar-refractivity contribution >= 4 is 13.0 Å². The van der Waals surface area contributed by atoms with E-state index in [4.69, 9.17) is 0 Å². The third-order valence-corrected chi connectivity index (χ3v) is 3.60. The highest BCUT2D eigenvalue weighted by molar-refractivity contribution is 6.45. The summed E-state index contributed by atoms with van der Waals surface area (Å²) in [5.74, 6) is -0.518. The summed E-state index contributed by atoms with van der Waals surface area (Å²) in [6.45, 7) is 5.50. The Hall–Kier alpha value is -0.545. The van der Waals surface area contributed by atoms with Crippen LogP contribution in [0.5, 0.6) is 0 Å². The zero-order valence-corrected chi connectivity index (χ0v) is 9.66.